The molecular weight excluding hydrogens is 1290 g/mol. The standard InChI is InChI=1S/C82H153NO18/c1-3-5-7-9-11-13-15-17-19-21-23-25-27-29-30-31-32-33-34-35-36-38-40-42-44-46-48-50-52-54-56-58-60-70(88)83-65(66(87)59-57-55-53-51-49-47-45-43-41-39-37-28-26-24-22-20-18-16-14-12-10-8-6-4-2)64-96-80-76(94)73(91)78(68(62-85)98-80)101-82-77(95)74(92)79(69(63-86)99-82)100-81-75(93)72(90)71(89)67(61-84)97-81/h41,43,49,51,57,59,65-69,71-82,84-87,89-95H,3-40,42,44-48,50,52-56,58,60-64H2,1-2H3,(H,83,88)/b43-41+,51-49+,59-57+. The van der Waals surface area contributed by atoms with E-state index in [9.17, 15) is 61.0 Å². The highest BCUT2D eigenvalue weighted by Gasteiger charge is 2.54. The van der Waals surface area contributed by atoms with E-state index in [1.807, 2.05) is 6.08 Å². The van der Waals surface area contributed by atoms with Crippen molar-refractivity contribution in [1.29, 1.82) is 0 Å². The highest BCUT2D eigenvalue weighted by Crippen LogP contribution is 2.33. The second-order valence-corrected chi connectivity index (χ2v) is 29.9. The average molecular weight is 1440 g/mol. The number of amides is 1. The van der Waals surface area contributed by atoms with Gasteiger partial charge in [-0.1, -0.05) is 333 Å². The van der Waals surface area contributed by atoms with Gasteiger partial charge in [0.25, 0.3) is 0 Å². The van der Waals surface area contributed by atoms with Crippen LogP contribution in [-0.4, -0.2) is 193 Å². The fourth-order valence-corrected chi connectivity index (χ4v) is 14.2. The van der Waals surface area contributed by atoms with Gasteiger partial charge < -0.3 is 89.9 Å². The fraction of sp³-hybridized carbons (Fsp3) is 0.915. The van der Waals surface area contributed by atoms with Gasteiger partial charge in [0.05, 0.1) is 38.6 Å². The molecule has 17 atom stereocenters. The molecule has 3 aliphatic heterocycles. The predicted octanol–water partition coefficient (Wildman–Crippen LogP) is 14.3. The number of hydrogen-bond acceptors (Lipinski definition) is 18. The normalized spacial score (nSPS) is 26.4. The van der Waals surface area contributed by atoms with Gasteiger partial charge in [0.1, 0.15) is 73.2 Å². The second-order valence-electron chi connectivity index (χ2n) is 29.9. The van der Waals surface area contributed by atoms with Gasteiger partial charge in [-0.15, -0.1) is 0 Å². The first kappa shape index (κ1) is 93.2. The lowest BCUT2D eigenvalue weighted by atomic mass is 9.96. The molecule has 0 bridgehead atoms. The third-order valence-electron chi connectivity index (χ3n) is 20.9. The zero-order chi connectivity index (χ0) is 73.2. The first-order valence-corrected chi connectivity index (χ1v) is 41.7. The van der Waals surface area contributed by atoms with Gasteiger partial charge in [-0.05, 0) is 44.9 Å². The average Bonchev–Trinajstić information content (AvgIpc) is 0.780. The summed E-state index contributed by atoms with van der Waals surface area (Å²) in [6.45, 7) is 1.77. The summed E-state index contributed by atoms with van der Waals surface area (Å²) in [5.74, 6) is -0.282. The fourth-order valence-electron chi connectivity index (χ4n) is 14.2. The molecule has 0 spiro atoms. The summed E-state index contributed by atoms with van der Waals surface area (Å²) in [5, 5.41) is 121. The molecule has 3 saturated heterocycles. The number of ether oxygens (including phenoxy) is 6. The van der Waals surface area contributed by atoms with Crippen LogP contribution in [0, 0.1) is 0 Å². The molecule has 0 aromatic rings. The Morgan fingerprint density at radius 3 is 0.990 bits per heavy atom. The third-order valence-corrected chi connectivity index (χ3v) is 20.9. The summed E-state index contributed by atoms with van der Waals surface area (Å²) in [7, 11) is 0. The minimum atomic E-state index is -1.98. The molecule has 3 rings (SSSR count). The molecule has 1 amide bonds. The van der Waals surface area contributed by atoms with Crippen molar-refractivity contribution in [3.05, 3.63) is 36.5 Å². The Labute approximate surface area is 612 Å². The van der Waals surface area contributed by atoms with Crippen LogP contribution in [0.25, 0.3) is 0 Å². The van der Waals surface area contributed by atoms with Crippen molar-refractivity contribution in [2.75, 3.05) is 26.4 Å². The maximum absolute atomic E-state index is 13.5. The number of unbranched alkanes of at least 4 members (excludes halogenated alkanes) is 47. The number of carbonyl (C=O) groups is 1. The number of aliphatic hydroxyl groups is 11. The zero-order valence-electron chi connectivity index (χ0n) is 63.7. The van der Waals surface area contributed by atoms with Crippen molar-refractivity contribution in [2.24, 2.45) is 0 Å². The van der Waals surface area contributed by atoms with Gasteiger partial charge in [-0.3, -0.25) is 4.79 Å². The van der Waals surface area contributed by atoms with E-state index in [0.29, 0.717) is 12.8 Å². The Balaban J connectivity index is 1.37. The van der Waals surface area contributed by atoms with Crippen LogP contribution in [0.15, 0.2) is 36.5 Å². The molecule has 17 unspecified atom stereocenters. The summed E-state index contributed by atoms with van der Waals surface area (Å²) in [4.78, 5) is 13.5. The Hall–Kier alpha value is -1.99. The van der Waals surface area contributed by atoms with Crippen molar-refractivity contribution in [1.82, 2.24) is 5.32 Å². The molecule has 0 aliphatic carbocycles. The summed E-state index contributed by atoms with van der Waals surface area (Å²) >= 11 is 0. The van der Waals surface area contributed by atoms with Gasteiger partial charge in [0.2, 0.25) is 5.91 Å². The zero-order valence-corrected chi connectivity index (χ0v) is 63.7. The Morgan fingerprint density at radius 1 is 0.347 bits per heavy atom. The molecule has 0 saturated carbocycles. The molecule has 0 aromatic heterocycles. The monoisotopic (exact) mass is 1440 g/mol. The van der Waals surface area contributed by atoms with E-state index < -0.39 is 124 Å². The van der Waals surface area contributed by atoms with Crippen molar-refractivity contribution in [3.63, 3.8) is 0 Å². The van der Waals surface area contributed by atoms with Crippen LogP contribution >= 0.6 is 0 Å². The molecule has 594 valence electrons. The van der Waals surface area contributed by atoms with Crippen molar-refractivity contribution in [3.8, 4) is 0 Å². The number of carbonyl (C=O) groups excluding carboxylic acids is 1. The minimum Gasteiger partial charge on any atom is -0.394 e. The van der Waals surface area contributed by atoms with Crippen LogP contribution in [0.1, 0.15) is 348 Å². The summed E-state index contributed by atoms with van der Waals surface area (Å²) < 4.78 is 34.4. The van der Waals surface area contributed by atoms with Gasteiger partial charge in [-0.2, -0.15) is 0 Å². The van der Waals surface area contributed by atoms with Crippen LogP contribution in [-0.2, 0) is 33.2 Å². The molecule has 12 N–H and O–H groups in total. The molecule has 0 radical (unpaired) electrons. The first-order valence-electron chi connectivity index (χ1n) is 41.7. The van der Waals surface area contributed by atoms with E-state index in [0.717, 1.165) is 44.9 Å². The molecule has 3 heterocycles. The van der Waals surface area contributed by atoms with E-state index >= 15 is 0 Å². The summed E-state index contributed by atoms with van der Waals surface area (Å²) in [6, 6.07) is -0.996. The van der Waals surface area contributed by atoms with Crippen LogP contribution in [0.3, 0.4) is 0 Å². The predicted molar refractivity (Wildman–Crippen MR) is 402 cm³/mol. The number of allylic oxidation sites excluding steroid dienone is 5. The van der Waals surface area contributed by atoms with Gasteiger partial charge >= 0.3 is 0 Å². The van der Waals surface area contributed by atoms with Crippen molar-refractivity contribution >= 4 is 5.91 Å². The van der Waals surface area contributed by atoms with E-state index in [1.165, 1.54) is 270 Å². The smallest absolute Gasteiger partial charge is 0.220 e. The quantitative estimate of drug-likeness (QED) is 0.0199. The summed E-state index contributed by atoms with van der Waals surface area (Å²) in [5.41, 5.74) is 0. The topological polar surface area (TPSA) is 307 Å². The minimum absolute atomic E-state index is 0.236. The van der Waals surface area contributed by atoms with Crippen LogP contribution in [0.5, 0.6) is 0 Å². The lowest BCUT2D eigenvalue weighted by Crippen LogP contribution is -2.66. The lowest BCUT2D eigenvalue weighted by Gasteiger charge is -2.48. The molecule has 3 aliphatic rings. The van der Waals surface area contributed by atoms with E-state index in [-0.39, 0.29) is 18.9 Å². The van der Waals surface area contributed by atoms with Gasteiger partial charge in [0.15, 0.2) is 18.9 Å². The number of hydrogen-bond donors (Lipinski definition) is 12. The second kappa shape index (κ2) is 63.0. The molecule has 3 fully saturated rings. The molecule has 101 heavy (non-hydrogen) atoms. The number of aliphatic hydroxyl groups excluding tert-OH is 11. The maximum Gasteiger partial charge on any atom is 0.220 e. The van der Waals surface area contributed by atoms with Crippen LogP contribution in [0.2, 0.25) is 0 Å². The third kappa shape index (κ3) is 43.0. The van der Waals surface area contributed by atoms with Crippen molar-refractivity contribution in [2.45, 2.75) is 452 Å². The molecule has 0 aromatic carbocycles. The Morgan fingerprint density at radius 2 is 0.634 bits per heavy atom. The van der Waals surface area contributed by atoms with Crippen LogP contribution < -0.4 is 5.32 Å². The van der Waals surface area contributed by atoms with E-state index in [4.69, 9.17) is 28.4 Å². The van der Waals surface area contributed by atoms with E-state index in [1.54, 1.807) is 6.08 Å². The molecular formula is C82H153NO18. The number of rotatable bonds is 67. The van der Waals surface area contributed by atoms with Crippen molar-refractivity contribution < 1.29 is 89.4 Å². The largest absolute Gasteiger partial charge is 0.394 e. The molecule has 19 nitrogen and oxygen atoms in total. The van der Waals surface area contributed by atoms with E-state index in [2.05, 4.69) is 43.5 Å². The first-order chi connectivity index (χ1) is 49.3. The summed E-state index contributed by atoms with van der Waals surface area (Å²) in [6.07, 6.45) is 51.5. The number of nitrogens with one attached hydrogen (secondary N) is 1. The highest BCUT2D eigenvalue weighted by atomic mass is 16.8. The highest BCUT2D eigenvalue weighted by molar-refractivity contribution is 5.76. The van der Waals surface area contributed by atoms with Gasteiger partial charge in [-0.25, -0.2) is 0 Å². The van der Waals surface area contributed by atoms with Gasteiger partial charge in [0, 0.05) is 6.42 Å². The molecule has 19 heteroatoms. The SMILES string of the molecule is CCCCCCCCCCCCCCCC/C=C/CC/C=C/CC/C=C/C(O)C(COC1OC(CO)C(OC2OC(CO)C(OC3OC(CO)C(O)C(O)C3O)C(O)C2O)C(O)C1O)NC(=O)CCCCCCCCCCCCCCCCCCCCCCCCCCCCCCCCCC. The lowest BCUT2D eigenvalue weighted by molar-refractivity contribution is -0.379. The maximum atomic E-state index is 13.5. The Bertz CT molecular complexity index is 1960. The van der Waals surface area contributed by atoms with Crippen LogP contribution in [0.4, 0.5) is 0 Å². The Kier molecular flexibility index (Phi) is 58.1.